The molecule has 0 fully saturated rings. The number of aromatic nitrogens is 2. The highest BCUT2D eigenvalue weighted by atomic mass is 35.5. The summed E-state index contributed by atoms with van der Waals surface area (Å²) in [7, 11) is 0. The van der Waals surface area contributed by atoms with Crippen molar-refractivity contribution in [3.63, 3.8) is 0 Å². The summed E-state index contributed by atoms with van der Waals surface area (Å²) in [4.78, 5) is 0. The van der Waals surface area contributed by atoms with Gasteiger partial charge in [-0.25, -0.2) is 0 Å². The molecule has 0 aliphatic carbocycles. The molecule has 2 aromatic carbocycles. The average molecular weight is 383 g/mol. The van der Waals surface area contributed by atoms with E-state index in [2.05, 4.69) is 10.2 Å². The number of alkyl halides is 3. The van der Waals surface area contributed by atoms with E-state index in [0.29, 0.717) is 27.6 Å². The lowest BCUT2D eigenvalue weighted by atomic mass is 9.98. The second kappa shape index (κ2) is 7.09. The van der Waals surface area contributed by atoms with Crippen molar-refractivity contribution < 1.29 is 22.7 Å². The molecule has 0 spiro atoms. The van der Waals surface area contributed by atoms with Crippen LogP contribution < -0.4 is 0 Å². The van der Waals surface area contributed by atoms with Gasteiger partial charge in [-0.1, -0.05) is 29.8 Å². The molecule has 4 nitrogen and oxygen atoms in total. The summed E-state index contributed by atoms with van der Waals surface area (Å²) in [5.41, 5.74) is 0.929. The van der Waals surface area contributed by atoms with Gasteiger partial charge in [-0.15, -0.1) is 10.2 Å². The Balaban J connectivity index is 1.87. The van der Waals surface area contributed by atoms with E-state index in [4.69, 9.17) is 16.0 Å². The molecule has 1 aromatic heterocycles. The molecule has 0 aliphatic rings. The van der Waals surface area contributed by atoms with E-state index in [-0.39, 0.29) is 12.3 Å². The summed E-state index contributed by atoms with van der Waals surface area (Å²) in [5, 5.41) is 18.3. The van der Waals surface area contributed by atoms with Crippen molar-refractivity contribution in [2.45, 2.75) is 25.6 Å². The molecule has 0 saturated heterocycles. The van der Waals surface area contributed by atoms with Crippen LogP contribution in [0.15, 0.2) is 46.9 Å². The quantitative estimate of drug-likeness (QED) is 0.690. The van der Waals surface area contributed by atoms with Crippen molar-refractivity contribution in [3.05, 3.63) is 70.4 Å². The molecule has 8 heteroatoms. The van der Waals surface area contributed by atoms with E-state index in [0.717, 1.165) is 12.1 Å². The number of halogens is 4. The largest absolute Gasteiger partial charge is 0.425 e. The van der Waals surface area contributed by atoms with Gasteiger partial charge in [0.25, 0.3) is 0 Å². The highest BCUT2D eigenvalue weighted by Gasteiger charge is 2.30. The van der Waals surface area contributed by atoms with Crippen LogP contribution in [0, 0.1) is 6.92 Å². The maximum Gasteiger partial charge on any atom is 0.416 e. The predicted octanol–water partition coefficient (Wildman–Crippen LogP) is 4.99. The Hall–Kier alpha value is -2.38. The zero-order valence-electron chi connectivity index (χ0n) is 13.6. The molecule has 0 aliphatic heterocycles. The number of hydrogen-bond donors (Lipinski definition) is 1. The smallest absolute Gasteiger partial charge is 0.416 e. The second-order valence-electron chi connectivity index (χ2n) is 5.75. The number of aryl methyl sites for hydroxylation is 1. The summed E-state index contributed by atoms with van der Waals surface area (Å²) in [6, 6.07) is 9.69. The first-order valence-electron chi connectivity index (χ1n) is 7.68. The molecule has 26 heavy (non-hydrogen) atoms. The highest BCUT2D eigenvalue weighted by molar-refractivity contribution is 6.31. The van der Waals surface area contributed by atoms with Crippen LogP contribution in [0.1, 0.15) is 29.0 Å². The van der Waals surface area contributed by atoms with Crippen LogP contribution in [0.5, 0.6) is 0 Å². The fraction of sp³-hybridized carbons (Fsp3) is 0.222. The Labute approximate surface area is 152 Å². The van der Waals surface area contributed by atoms with Gasteiger partial charge in [0.2, 0.25) is 11.8 Å². The van der Waals surface area contributed by atoms with Crippen molar-refractivity contribution in [3.8, 4) is 11.1 Å². The Morgan fingerprint density at radius 1 is 1.08 bits per heavy atom. The first kappa shape index (κ1) is 18.4. The molecule has 1 atom stereocenters. The molecule has 3 aromatic rings. The van der Waals surface area contributed by atoms with E-state index in [1.165, 1.54) is 12.1 Å². The SMILES string of the molecule is Cc1nnc(CC(O)c2cc(-c3ccc(C(F)(F)F)cc3)ccc2Cl)o1. The van der Waals surface area contributed by atoms with E-state index < -0.39 is 17.8 Å². The van der Waals surface area contributed by atoms with Crippen molar-refractivity contribution in [2.24, 2.45) is 0 Å². The van der Waals surface area contributed by atoms with Gasteiger partial charge in [-0.2, -0.15) is 13.2 Å². The van der Waals surface area contributed by atoms with Gasteiger partial charge in [0.15, 0.2) is 0 Å². The molecule has 1 heterocycles. The third-order valence-electron chi connectivity index (χ3n) is 3.84. The molecule has 0 saturated carbocycles. The highest BCUT2D eigenvalue weighted by Crippen LogP contribution is 2.33. The number of nitrogens with zero attached hydrogens (tertiary/aromatic N) is 2. The monoisotopic (exact) mass is 382 g/mol. The third kappa shape index (κ3) is 4.05. The number of aliphatic hydroxyl groups is 1. The molecule has 0 amide bonds. The summed E-state index contributed by atoms with van der Waals surface area (Å²) in [6.07, 6.45) is -5.30. The number of aliphatic hydroxyl groups excluding tert-OH is 1. The maximum absolute atomic E-state index is 12.7. The Morgan fingerprint density at radius 2 is 1.73 bits per heavy atom. The lowest BCUT2D eigenvalue weighted by Crippen LogP contribution is -2.04. The van der Waals surface area contributed by atoms with E-state index >= 15 is 0 Å². The van der Waals surface area contributed by atoms with Crippen LogP contribution in [-0.2, 0) is 12.6 Å². The Morgan fingerprint density at radius 3 is 2.31 bits per heavy atom. The van der Waals surface area contributed by atoms with Gasteiger partial charge in [0.05, 0.1) is 18.1 Å². The first-order valence-corrected chi connectivity index (χ1v) is 8.06. The molecule has 3 rings (SSSR count). The average Bonchev–Trinajstić information content (AvgIpc) is 2.99. The summed E-state index contributed by atoms with van der Waals surface area (Å²) >= 11 is 6.16. The van der Waals surface area contributed by atoms with Gasteiger partial charge in [0.1, 0.15) is 0 Å². The minimum Gasteiger partial charge on any atom is -0.425 e. The molecule has 0 radical (unpaired) electrons. The second-order valence-corrected chi connectivity index (χ2v) is 6.15. The first-order chi connectivity index (χ1) is 12.2. The normalized spacial score (nSPS) is 13.0. The summed E-state index contributed by atoms with van der Waals surface area (Å²) in [6.45, 7) is 1.64. The van der Waals surface area contributed by atoms with Crippen molar-refractivity contribution in [1.29, 1.82) is 0 Å². The number of hydrogen-bond acceptors (Lipinski definition) is 4. The van der Waals surface area contributed by atoms with Gasteiger partial charge >= 0.3 is 6.18 Å². The zero-order valence-corrected chi connectivity index (χ0v) is 14.3. The maximum atomic E-state index is 12.7. The summed E-state index contributed by atoms with van der Waals surface area (Å²) < 4.78 is 43.3. The number of benzene rings is 2. The third-order valence-corrected chi connectivity index (χ3v) is 4.18. The van der Waals surface area contributed by atoms with Crippen molar-refractivity contribution >= 4 is 11.6 Å². The molecular weight excluding hydrogens is 369 g/mol. The van der Waals surface area contributed by atoms with Gasteiger partial charge in [-0.3, -0.25) is 0 Å². The lowest BCUT2D eigenvalue weighted by Gasteiger charge is -2.13. The van der Waals surface area contributed by atoms with Crippen molar-refractivity contribution in [1.82, 2.24) is 10.2 Å². The Bertz CT molecular complexity index is 908. The van der Waals surface area contributed by atoms with E-state index in [1.54, 1.807) is 25.1 Å². The summed E-state index contributed by atoms with van der Waals surface area (Å²) in [5.74, 6) is 0.655. The van der Waals surface area contributed by atoms with E-state index in [9.17, 15) is 18.3 Å². The van der Waals surface area contributed by atoms with Gasteiger partial charge in [0, 0.05) is 17.5 Å². The predicted molar refractivity (Wildman–Crippen MR) is 89.6 cm³/mol. The van der Waals surface area contributed by atoms with Crippen LogP contribution in [0.3, 0.4) is 0 Å². The van der Waals surface area contributed by atoms with Crippen LogP contribution in [0.25, 0.3) is 11.1 Å². The number of rotatable bonds is 4. The fourth-order valence-corrected chi connectivity index (χ4v) is 2.77. The fourth-order valence-electron chi connectivity index (χ4n) is 2.53. The molecule has 1 unspecified atom stereocenters. The van der Waals surface area contributed by atoms with Crippen LogP contribution in [0.2, 0.25) is 5.02 Å². The lowest BCUT2D eigenvalue weighted by molar-refractivity contribution is -0.137. The van der Waals surface area contributed by atoms with Crippen LogP contribution in [0.4, 0.5) is 13.2 Å². The molecular formula is C18H14ClF3N2O2. The van der Waals surface area contributed by atoms with E-state index in [1.807, 2.05) is 0 Å². The minimum atomic E-state index is -4.39. The van der Waals surface area contributed by atoms with Gasteiger partial charge in [-0.05, 0) is 35.4 Å². The zero-order chi connectivity index (χ0) is 18.9. The minimum absolute atomic E-state index is 0.0804. The van der Waals surface area contributed by atoms with Gasteiger partial charge < -0.3 is 9.52 Å². The van der Waals surface area contributed by atoms with Crippen molar-refractivity contribution in [2.75, 3.05) is 0 Å². The van der Waals surface area contributed by atoms with Crippen LogP contribution >= 0.6 is 11.6 Å². The standard InChI is InChI=1S/C18H14ClF3N2O2/c1-10-23-24-17(26-10)9-16(25)14-8-12(4-7-15(14)19)11-2-5-13(6-3-11)18(20,21)22/h2-8,16,25H,9H2,1H3. The Kier molecular flexibility index (Phi) is 5.02. The molecule has 0 bridgehead atoms. The topological polar surface area (TPSA) is 59.2 Å². The van der Waals surface area contributed by atoms with Crippen LogP contribution in [-0.4, -0.2) is 15.3 Å². The molecule has 1 N–H and O–H groups in total. The molecule has 136 valence electrons.